The van der Waals surface area contributed by atoms with E-state index in [1.807, 2.05) is 44.2 Å². The highest BCUT2D eigenvalue weighted by atomic mass is 16.5. The average molecular weight is 523 g/mol. The summed E-state index contributed by atoms with van der Waals surface area (Å²) in [6.07, 6.45) is 1.85. The molecular weight excluding hydrogens is 492 g/mol. The summed E-state index contributed by atoms with van der Waals surface area (Å²) in [4.78, 5) is 53.0. The predicted octanol–water partition coefficient (Wildman–Crippen LogP) is 5.03. The Balaban J connectivity index is 1.09. The van der Waals surface area contributed by atoms with Crippen molar-refractivity contribution in [2.45, 2.75) is 32.6 Å². The van der Waals surface area contributed by atoms with Gasteiger partial charge in [0.15, 0.2) is 6.61 Å². The number of nitrogens with zero attached hydrogens (tertiary/aromatic N) is 1. The summed E-state index contributed by atoms with van der Waals surface area (Å²) >= 11 is 0. The zero-order valence-corrected chi connectivity index (χ0v) is 21.9. The first kappa shape index (κ1) is 25.0. The van der Waals surface area contributed by atoms with Crippen molar-refractivity contribution >= 4 is 35.1 Å². The second-order valence-electron chi connectivity index (χ2n) is 10.9. The number of imide groups is 1. The molecule has 39 heavy (non-hydrogen) atoms. The van der Waals surface area contributed by atoms with Crippen molar-refractivity contribution in [3.63, 3.8) is 0 Å². The Bertz CT molecular complexity index is 1470. The molecule has 7 heteroatoms. The molecule has 0 aromatic heterocycles. The molecular formula is C32H30N2O5. The molecule has 0 radical (unpaired) electrons. The number of benzene rings is 3. The van der Waals surface area contributed by atoms with Crippen LogP contribution in [0.4, 0.5) is 11.4 Å². The van der Waals surface area contributed by atoms with E-state index in [4.69, 9.17) is 4.74 Å². The Morgan fingerprint density at radius 3 is 2.31 bits per heavy atom. The number of rotatable bonds is 6. The molecule has 3 fully saturated rings. The molecule has 1 N–H and O–H groups in total. The molecule has 198 valence electrons. The van der Waals surface area contributed by atoms with Gasteiger partial charge in [-0.1, -0.05) is 36.4 Å². The van der Waals surface area contributed by atoms with E-state index in [1.165, 1.54) is 22.6 Å². The maximum absolute atomic E-state index is 13.5. The van der Waals surface area contributed by atoms with Crippen molar-refractivity contribution in [3.05, 3.63) is 95.1 Å². The lowest BCUT2D eigenvalue weighted by Crippen LogP contribution is -2.33. The number of anilines is 2. The Morgan fingerprint density at radius 1 is 0.872 bits per heavy atom. The monoisotopic (exact) mass is 522 g/mol. The normalized spacial score (nSPS) is 25.1. The summed E-state index contributed by atoms with van der Waals surface area (Å²) in [6.45, 7) is 3.52. The van der Waals surface area contributed by atoms with Gasteiger partial charge in [0.05, 0.1) is 23.1 Å². The molecule has 3 aromatic rings. The number of carbonyl (C=O) groups is 4. The van der Waals surface area contributed by atoms with Crippen LogP contribution >= 0.6 is 0 Å². The van der Waals surface area contributed by atoms with Crippen LogP contribution in [-0.2, 0) is 19.1 Å². The lowest BCUT2D eigenvalue weighted by atomic mass is 9.73. The van der Waals surface area contributed by atoms with E-state index in [-0.39, 0.29) is 41.0 Å². The second-order valence-corrected chi connectivity index (χ2v) is 10.9. The molecule has 5 atom stereocenters. The standard InChI is InChI=1S/C32H30N2O5/c1-18-8-11-23(14-19(18)2)33-27(35)17-39-32(38)21-9-12-24(13-10-21)34-30(36)28-22-15-25(20-6-4-3-5-7-20)26(16-22)29(28)31(34)37/h3-14,22,25-26,28-29H,15-17H2,1-2H3,(H,33,35)/t22-,25+,26+,28+,29+/m0/s1. The van der Waals surface area contributed by atoms with Crippen molar-refractivity contribution < 1.29 is 23.9 Å². The Labute approximate surface area is 227 Å². The van der Waals surface area contributed by atoms with Gasteiger partial charge in [0, 0.05) is 5.69 Å². The molecule has 6 rings (SSSR count). The van der Waals surface area contributed by atoms with Crippen LogP contribution in [0, 0.1) is 37.5 Å². The predicted molar refractivity (Wildman–Crippen MR) is 146 cm³/mol. The third-order valence-corrected chi connectivity index (χ3v) is 8.73. The first-order valence-corrected chi connectivity index (χ1v) is 13.4. The van der Waals surface area contributed by atoms with Gasteiger partial charge in [0.25, 0.3) is 5.91 Å². The second kappa shape index (κ2) is 9.80. The van der Waals surface area contributed by atoms with Gasteiger partial charge in [-0.2, -0.15) is 0 Å². The molecule has 2 saturated carbocycles. The average Bonchev–Trinajstić information content (AvgIpc) is 3.61. The van der Waals surface area contributed by atoms with Crippen LogP contribution in [0.1, 0.15) is 45.8 Å². The van der Waals surface area contributed by atoms with Crippen LogP contribution in [0.15, 0.2) is 72.8 Å². The highest BCUT2D eigenvalue weighted by Crippen LogP contribution is 2.61. The smallest absolute Gasteiger partial charge is 0.338 e. The van der Waals surface area contributed by atoms with Gasteiger partial charge in [0.1, 0.15) is 0 Å². The zero-order valence-electron chi connectivity index (χ0n) is 21.9. The number of hydrogen-bond acceptors (Lipinski definition) is 5. The van der Waals surface area contributed by atoms with E-state index >= 15 is 0 Å². The highest BCUT2D eigenvalue weighted by Gasteiger charge is 2.64. The van der Waals surface area contributed by atoms with Gasteiger partial charge in [-0.05, 0) is 97.5 Å². The maximum atomic E-state index is 13.5. The third kappa shape index (κ3) is 4.42. The molecule has 3 aromatic carbocycles. The minimum atomic E-state index is -0.656. The molecule has 2 aliphatic carbocycles. The van der Waals surface area contributed by atoms with Crippen LogP contribution in [0.25, 0.3) is 0 Å². The molecule has 7 nitrogen and oxygen atoms in total. The Hall–Kier alpha value is -4.26. The quantitative estimate of drug-likeness (QED) is 0.362. The summed E-state index contributed by atoms with van der Waals surface area (Å²) in [5, 5.41) is 2.72. The van der Waals surface area contributed by atoms with Crippen LogP contribution in [0.5, 0.6) is 0 Å². The molecule has 1 heterocycles. The van der Waals surface area contributed by atoms with Gasteiger partial charge in [0.2, 0.25) is 11.8 Å². The fourth-order valence-electron chi connectivity index (χ4n) is 6.77. The largest absolute Gasteiger partial charge is 0.452 e. The SMILES string of the molecule is Cc1ccc(NC(=O)COC(=O)c2ccc(N3C(=O)[C@@H]4[C@@H]5C[C@@H]([C@H]4C3=O)[C@@H](c3ccccc3)C5)cc2)cc1C. The van der Waals surface area contributed by atoms with E-state index in [0.717, 1.165) is 24.0 Å². The summed E-state index contributed by atoms with van der Waals surface area (Å²) < 4.78 is 5.18. The van der Waals surface area contributed by atoms with Crippen LogP contribution in [-0.4, -0.2) is 30.3 Å². The molecule has 0 spiro atoms. The van der Waals surface area contributed by atoms with Gasteiger partial charge in [-0.25, -0.2) is 4.79 Å². The number of aryl methyl sites for hydroxylation is 2. The number of carbonyl (C=O) groups excluding carboxylic acids is 4. The van der Waals surface area contributed by atoms with Crippen molar-refractivity contribution in [1.82, 2.24) is 0 Å². The van der Waals surface area contributed by atoms with E-state index in [2.05, 4.69) is 17.4 Å². The van der Waals surface area contributed by atoms with Crippen LogP contribution in [0.2, 0.25) is 0 Å². The lowest BCUT2D eigenvalue weighted by Gasteiger charge is -2.28. The molecule has 3 aliphatic rings. The van der Waals surface area contributed by atoms with Gasteiger partial charge in [-0.3, -0.25) is 19.3 Å². The summed E-state index contributed by atoms with van der Waals surface area (Å²) in [5.41, 5.74) is 4.74. The Morgan fingerprint density at radius 2 is 1.59 bits per heavy atom. The molecule has 3 amide bonds. The number of esters is 1. The van der Waals surface area contributed by atoms with Gasteiger partial charge >= 0.3 is 5.97 Å². The summed E-state index contributed by atoms with van der Waals surface area (Å²) in [7, 11) is 0. The van der Waals surface area contributed by atoms with E-state index in [9.17, 15) is 19.2 Å². The molecule has 2 bridgehead atoms. The minimum absolute atomic E-state index is 0.137. The lowest BCUT2D eigenvalue weighted by molar-refractivity contribution is -0.123. The first-order valence-electron chi connectivity index (χ1n) is 13.4. The maximum Gasteiger partial charge on any atom is 0.338 e. The molecule has 0 unspecified atom stereocenters. The highest BCUT2D eigenvalue weighted by molar-refractivity contribution is 6.22. The van der Waals surface area contributed by atoms with Crippen LogP contribution < -0.4 is 10.2 Å². The fourth-order valence-corrected chi connectivity index (χ4v) is 6.77. The number of ether oxygens (including phenoxy) is 1. The molecule has 1 saturated heterocycles. The number of amides is 3. The van der Waals surface area contributed by atoms with Crippen LogP contribution in [0.3, 0.4) is 0 Å². The van der Waals surface area contributed by atoms with Crippen molar-refractivity contribution in [1.29, 1.82) is 0 Å². The first-order chi connectivity index (χ1) is 18.8. The van der Waals surface area contributed by atoms with Crippen molar-refractivity contribution in [3.8, 4) is 0 Å². The van der Waals surface area contributed by atoms with E-state index in [0.29, 0.717) is 17.3 Å². The minimum Gasteiger partial charge on any atom is -0.452 e. The zero-order chi connectivity index (χ0) is 27.3. The Kier molecular flexibility index (Phi) is 6.29. The topological polar surface area (TPSA) is 92.8 Å². The number of fused-ring (bicyclic) bond motifs is 5. The fraction of sp³-hybridized carbons (Fsp3) is 0.312. The number of hydrogen-bond donors (Lipinski definition) is 1. The number of nitrogens with one attached hydrogen (secondary N) is 1. The van der Waals surface area contributed by atoms with Gasteiger partial charge in [-0.15, -0.1) is 0 Å². The van der Waals surface area contributed by atoms with Crippen molar-refractivity contribution in [2.24, 2.45) is 23.7 Å². The third-order valence-electron chi connectivity index (χ3n) is 8.73. The van der Waals surface area contributed by atoms with E-state index < -0.39 is 18.5 Å². The van der Waals surface area contributed by atoms with Crippen molar-refractivity contribution in [2.75, 3.05) is 16.8 Å². The summed E-state index contributed by atoms with van der Waals surface area (Å²) in [6, 6.07) is 22.1. The van der Waals surface area contributed by atoms with Gasteiger partial charge < -0.3 is 10.1 Å². The van der Waals surface area contributed by atoms with E-state index in [1.54, 1.807) is 18.2 Å². The molecule has 1 aliphatic heterocycles. The summed E-state index contributed by atoms with van der Waals surface area (Å²) in [5.74, 6) is -1.23.